The Bertz CT molecular complexity index is 654. The second-order valence-electron chi connectivity index (χ2n) is 4.80. The Kier molecular flexibility index (Phi) is 5.33. The Morgan fingerprint density at radius 3 is 2.55 bits per heavy atom. The SMILES string of the molecule is CCN(CC)C(=O)c1cnc(Nc2cccc(Cl)c2C)cn1. The van der Waals surface area contributed by atoms with Crippen LogP contribution in [0.25, 0.3) is 0 Å². The first-order valence-corrected chi connectivity index (χ1v) is 7.58. The Morgan fingerprint density at radius 1 is 1.23 bits per heavy atom. The van der Waals surface area contributed by atoms with Crippen molar-refractivity contribution in [3.05, 3.63) is 46.9 Å². The van der Waals surface area contributed by atoms with E-state index in [2.05, 4.69) is 15.3 Å². The number of aromatic nitrogens is 2. The van der Waals surface area contributed by atoms with Gasteiger partial charge in [0.05, 0.1) is 12.4 Å². The van der Waals surface area contributed by atoms with E-state index >= 15 is 0 Å². The zero-order valence-electron chi connectivity index (χ0n) is 12.9. The van der Waals surface area contributed by atoms with E-state index in [0.29, 0.717) is 29.6 Å². The van der Waals surface area contributed by atoms with Gasteiger partial charge in [0.2, 0.25) is 0 Å². The molecule has 1 N–H and O–H groups in total. The van der Waals surface area contributed by atoms with Crippen LogP contribution < -0.4 is 5.32 Å². The molecule has 2 rings (SSSR count). The molecule has 6 heteroatoms. The summed E-state index contributed by atoms with van der Waals surface area (Å²) in [5.41, 5.74) is 2.15. The monoisotopic (exact) mass is 318 g/mol. The van der Waals surface area contributed by atoms with Gasteiger partial charge in [-0.3, -0.25) is 4.79 Å². The van der Waals surface area contributed by atoms with Crippen LogP contribution in [0.1, 0.15) is 29.9 Å². The molecule has 0 aliphatic heterocycles. The number of carbonyl (C=O) groups excluding carboxylic acids is 1. The van der Waals surface area contributed by atoms with E-state index in [0.717, 1.165) is 11.3 Å². The molecule has 1 aromatic heterocycles. The van der Waals surface area contributed by atoms with E-state index in [1.807, 2.05) is 39.0 Å². The Morgan fingerprint density at radius 2 is 1.95 bits per heavy atom. The molecule has 5 nitrogen and oxygen atoms in total. The first-order chi connectivity index (χ1) is 10.6. The predicted octanol–water partition coefficient (Wildman–Crippen LogP) is 3.66. The summed E-state index contributed by atoms with van der Waals surface area (Å²) in [5.74, 6) is 0.462. The standard InChI is InChI=1S/C16H19ClN4O/c1-4-21(5-2)16(22)14-9-19-15(10-18-14)20-13-8-6-7-12(17)11(13)3/h6-10H,4-5H2,1-3H3,(H,19,20). The van der Waals surface area contributed by atoms with Crippen molar-refractivity contribution in [2.45, 2.75) is 20.8 Å². The smallest absolute Gasteiger partial charge is 0.274 e. The molecule has 0 spiro atoms. The summed E-state index contributed by atoms with van der Waals surface area (Å²) >= 11 is 6.09. The largest absolute Gasteiger partial charge is 0.339 e. The zero-order chi connectivity index (χ0) is 16.1. The normalized spacial score (nSPS) is 10.4. The van der Waals surface area contributed by atoms with Crippen molar-refractivity contribution in [1.29, 1.82) is 0 Å². The maximum atomic E-state index is 12.2. The van der Waals surface area contributed by atoms with Crippen LogP contribution in [0.15, 0.2) is 30.6 Å². The molecule has 0 fully saturated rings. The molecule has 22 heavy (non-hydrogen) atoms. The first kappa shape index (κ1) is 16.2. The molecule has 116 valence electrons. The minimum absolute atomic E-state index is 0.108. The fourth-order valence-corrected chi connectivity index (χ4v) is 2.23. The summed E-state index contributed by atoms with van der Waals surface area (Å²) in [6.07, 6.45) is 3.04. The van der Waals surface area contributed by atoms with E-state index in [-0.39, 0.29) is 5.91 Å². The molecule has 2 aromatic rings. The summed E-state index contributed by atoms with van der Waals surface area (Å²) < 4.78 is 0. The molecule has 0 bridgehead atoms. The van der Waals surface area contributed by atoms with Gasteiger partial charge in [0.15, 0.2) is 0 Å². The van der Waals surface area contributed by atoms with E-state index in [1.54, 1.807) is 11.1 Å². The molecule has 0 saturated carbocycles. The lowest BCUT2D eigenvalue weighted by Crippen LogP contribution is -2.31. The molecule has 0 aliphatic rings. The van der Waals surface area contributed by atoms with Crippen LogP contribution in [0.3, 0.4) is 0 Å². The van der Waals surface area contributed by atoms with Gasteiger partial charge in [0.1, 0.15) is 11.5 Å². The molecule has 1 amide bonds. The van der Waals surface area contributed by atoms with E-state index in [4.69, 9.17) is 11.6 Å². The molecule has 0 radical (unpaired) electrons. The third-order valence-corrected chi connectivity index (χ3v) is 3.86. The fourth-order valence-electron chi connectivity index (χ4n) is 2.06. The molecule has 0 saturated heterocycles. The minimum Gasteiger partial charge on any atom is -0.339 e. The number of amides is 1. The van der Waals surface area contributed by atoms with Crippen molar-refractivity contribution in [2.24, 2.45) is 0 Å². The summed E-state index contributed by atoms with van der Waals surface area (Å²) in [5, 5.41) is 3.84. The number of halogens is 1. The first-order valence-electron chi connectivity index (χ1n) is 7.20. The van der Waals surface area contributed by atoms with Gasteiger partial charge in [-0.15, -0.1) is 0 Å². The highest BCUT2D eigenvalue weighted by Gasteiger charge is 2.14. The second-order valence-corrected chi connectivity index (χ2v) is 5.21. The number of hydrogen-bond donors (Lipinski definition) is 1. The lowest BCUT2D eigenvalue weighted by molar-refractivity contribution is 0.0766. The highest BCUT2D eigenvalue weighted by Crippen LogP contribution is 2.25. The number of nitrogens with zero attached hydrogens (tertiary/aromatic N) is 3. The summed E-state index contributed by atoms with van der Waals surface area (Å²) in [6, 6.07) is 5.61. The van der Waals surface area contributed by atoms with Gasteiger partial charge in [-0.1, -0.05) is 17.7 Å². The van der Waals surface area contributed by atoms with Gasteiger partial charge in [0.25, 0.3) is 5.91 Å². The molecule has 0 unspecified atom stereocenters. The number of benzene rings is 1. The van der Waals surface area contributed by atoms with Crippen LogP contribution in [0, 0.1) is 6.92 Å². The van der Waals surface area contributed by atoms with Crippen LogP contribution >= 0.6 is 11.6 Å². The average molecular weight is 319 g/mol. The van der Waals surface area contributed by atoms with Gasteiger partial charge in [0, 0.05) is 23.8 Å². The van der Waals surface area contributed by atoms with Crippen LogP contribution in [0.4, 0.5) is 11.5 Å². The topological polar surface area (TPSA) is 58.1 Å². The van der Waals surface area contributed by atoms with E-state index < -0.39 is 0 Å². The van der Waals surface area contributed by atoms with Crippen LogP contribution in [-0.4, -0.2) is 33.9 Å². The zero-order valence-corrected chi connectivity index (χ0v) is 13.7. The van der Waals surface area contributed by atoms with Gasteiger partial charge in [-0.2, -0.15) is 0 Å². The maximum Gasteiger partial charge on any atom is 0.274 e. The highest BCUT2D eigenvalue weighted by atomic mass is 35.5. The van der Waals surface area contributed by atoms with Crippen molar-refractivity contribution in [3.63, 3.8) is 0 Å². The van der Waals surface area contributed by atoms with Crippen LogP contribution in [0.2, 0.25) is 5.02 Å². The fraction of sp³-hybridized carbons (Fsp3) is 0.312. The third-order valence-electron chi connectivity index (χ3n) is 3.45. The lowest BCUT2D eigenvalue weighted by Gasteiger charge is -2.17. The average Bonchev–Trinajstić information content (AvgIpc) is 2.53. The Labute approximate surface area is 135 Å². The van der Waals surface area contributed by atoms with Crippen molar-refractivity contribution in [2.75, 3.05) is 18.4 Å². The number of hydrogen-bond acceptors (Lipinski definition) is 4. The van der Waals surface area contributed by atoms with Crippen LogP contribution in [0.5, 0.6) is 0 Å². The van der Waals surface area contributed by atoms with E-state index in [9.17, 15) is 4.79 Å². The molecular formula is C16H19ClN4O. The minimum atomic E-state index is -0.108. The second kappa shape index (κ2) is 7.22. The van der Waals surface area contributed by atoms with Gasteiger partial charge in [-0.25, -0.2) is 9.97 Å². The maximum absolute atomic E-state index is 12.2. The molecule has 1 aromatic carbocycles. The van der Waals surface area contributed by atoms with E-state index in [1.165, 1.54) is 6.20 Å². The number of nitrogens with one attached hydrogen (secondary N) is 1. The summed E-state index contributed by atoms with van der Waals surface area (Å²) in [7, 11) is 0. The van der Waals surface area contributed by atoms with Crippen LogP contribution in [-0.2, 0) is 0 Å². The lowest BCUT2D eigenvalue weighted by atomic mass is 10.2. The number of anilines is 2. The van der Waals surface area contributed by atoms with Crippen molar-refractivity contribution in [1.82, 2.24) is 14.9 Å². The Balaban J connectivity index is 2.15. The van der Waals surface area contributed by atoms with Crippen molar-refractivity contribution < 1.29 is 4.79 Å². The van der Waals surface area contributed by atoms with Gasteiger partial charge < -0.3 is 10.2 Å². The van der Waals surface area contributed by atoms with Gasteiger partial charge >= 0.3 is 0 Å². The Hall–Kier alpha value is -2.14. The molecule has 1 heterocycles. The summed E-state index contributed by atoms with van der Waals surface area (Å²) in [4.78, 5) is 22.3. The van der Waals surface area contributed by atoms with Gasteiger partial charge in [-0.05, 0) is 38.5 Å². The number of carbonyl (C=O) groups is 1. The molecule has 0 atom stereocenters. The molecule has 0 aliphatic carbocycles. The quantitative estimate of drug-likeness (QED) is 0.914. The third kappa shape index (κ3) is 3.54. The summed E-state index contributed by atoms with van der Waals surface area (Å²) in [6.45, 7) is 7.10. The van der Waals surface area contributed by atoms with Crippen molar-refractivity contribution in [3.8, 4) is 0 Å². The number of rotatable bonds is 5. The predicted molar refractivity (Wildman–Crippen MR) is 88.8 cm³/mol. The van der Waals surface area contributed by atoms with Crippen molar-refractivity contribution >= 4 is 29.0 Å². The molecular weight excluding hydrogens is 300 g/mol. The highest BCUT2D eigenvalue weighted by molar-refractivity contribution is 6.31.